The van der Waals surface area contributed by atoms with E-state index < -0.39 is 11.9 Å². The topological polar surface area (TPSA) is 49.4 Å². The number of rotatable bonds is 3. The fourth-order valence-corrected chi connectivity index (χ4v) is 3.10. The van der Waals surface area contributed by atoms with Gasteiger partial charge in [-0.1, -0.05) is 29.8 Å². The summed E-state index contributed by atoms with van der Waals surface area (Å²) < 4.78 is 13.2. The molecule has 1 saturated heterocycles. The molecule has 1 N–H and O–H groups in total. The van der Waals surface area contributed by atoms with E-state index in [1.807, 2.05) is 18.2 Å². The Balaban J connectivity index is 1.77. The molecule has 0 unspecified atom stereocenters. The lowest BCUT2D eigenvalue weighted by Gasteiger charge is -2.24. The Hall–Kier alpha value is -2.40. The number of hydrogen-bond acceptors (Lipinski definition) is 2. The summed E-state index contributed by atoms with van der Waals surface area (Å²) in [5.41, 5.74) is 0.888. The molecule has 0 radical (unpaired) electrons. The van der Waals surface area contributed by atoms with Crippen molar-refractivity contribution in [3.8, 4) is 0 Å². The molecule has 1 fully saturated rings. The van der Waals surface area contributed by atoms with Gasteiger partial charge in [0.05, 0.1) is 10.6 Å². The second kappa shape index (κ2) is 7.01. The Labute approximate surface area is 144 Å². The van der Waals surface area contributed by atoms with Crippen LogP contribution in [0.2, 0.25) is 5.02 Å². The zero-order valence-corrected chi connectivity index (χ0v) is 13.6. The predicted octanol–water partition coefficient (Wildman–Crippen LogP) is 3.72. The van der Waals surface area contributed by atoms with Gasteiger partial charge in [0.1, 0.15) is 11.9 Å². The highest BCUT2D eigenvalue weighted by Gasteiger charge is 2.35. The summed E-state index contributed by atoms with van der Waals surface area (Å²) in [7, 11) is 0. The summed E-state index contributed by atoms with van der Waals surface area (Å²) in [5, 5.41) is 2.87. The van der Waals surface area contributed by atoms with Crippen molar-refractivity contribution in [2.45, 2.75) is 18.9 Å². The molecular formula is C18H16ClFN2O2. The van der Waals surface area contributed by atoms with Crippen LogP contribution in [0.4, 0.5) is 10.1 Å². The van der Waals surface area contributed by atoms with Gasteiger partial charge in [-0.05, 0) is 43.2 Å². The van der Waals surface area contributed by atoms with E-state index in [2.05, 4.69) is 5.32 Å². The van der Waals surface area contributed by atoms with Crippen molar-refractivity contribution in [3.05, 3.63) is 64.9 Å². The molecule has 124 valence electrons. The first kappa shape index (κ1) is 16.5. The molecule has 0 saturated carbocycles. The van der Waals surface area contributed by atoms with Crippen LogP contribution in [-0.2, 0) is 4.79 Å². The Kier molecular flexibility index (Phi) is 4.81. The lowest BCUT2D eigenvalue weighted by molar-refractivity contribution is -0.119. The van der Waals surface area contributed by atoms with Gasteiger partial charge in [0.25, 0.3) is 5.91 Å². The van der Waals surface area contributed by atoms with Gasteiger partial charge in [0.2, 0.25) is 5.91 Å². The molecule has 0 aromatic heterocycles. The number of anilines is 1. The van der Waals surface area contributed by atoms with Gasteiger partial charge in [-0.15, -0.1) is 0 Å². The van der Waals surface area contributed by atoms with E-state index in [0.29, 0.717) is 18.7 Å². The van der Waals surface area contributed by atoms with Gasteiger partial charge in [-0.2, -0.15) is 0 Å². The number of carbonyl (C=O) groups is 2. The number of halogens is 2. The molecule has 0 bridgehead atoms. The molecule has 0 aliphatic carbocycles. The highest BCUT2D eigenvalue weighted by Crippen LogP contribution is 2.25. The van der Waals surface area contributed by atoms with Crippen molar-refractivity contribution in [2.24, 2.45) is 0 Å². The van der Waals surface area contributed by atoms with Crippen LogP contribution in [0.5, 0.6) is 0 Å². The number of hydrogen-bond donors (Lipinski definition) is 1. The van der Waals surface area contributed by atoms with Crippen LogP contribution >= 0.6 is 11.6 Å². The van der Waals surface area contributed by atoms with Gasteiger partial charge in [0, 0.05) is 12.2 Å². The molecule has 1 heterocycles. The van der Waals surface area contributed by atoms with Crippen molar-refractivity contribution < 1.29 is 14.0 Å². The summed E-state index contributed by atoms with van der Waals surface area (Å²) in [4.78, 5) is 26.7. The largest absolute Gasteiger partial charge is 0.327 e. The zero-order valence-electron chi connectivity index (χ0n) is 12.8. The SMILES string of the molecule is O=C(Nc1ccccc1)[C@H]1CCCN1C(=O)c1ccc(F)cc1Cl. The maximum atomic E-state index is 13.2. The molecule has 3 rings (SSSR count). The first-order valence-corrected chi connectivity index (χ1v) is 8.06. The van der Waals surface area contributed by atoms with E-state index >= 15 is 0 Å². The summed E-state index contributed by atoms with van der Waals surface area (Å²) >= 11 is 5.97. The third-order valence-electron chi connectivity index (χ3n) is 4.02. The Morgan fingerprint density at radius 1 is 1.17 bits per heavy atom. The summed E-state index contributed by atoms with van der Waals surface area (Å²) in [5.74, 6) is -1.09. The number of carbonyl (C=O) groups excluding carboxylic acids is 2. The van der Waals surface area contributed by atoms with Crippen LogP contribution in [-0.4, -0.2) is 29.3 Å². The van der Waals surface area contributed by atoms with E-state index in [1.165, 1.54) is 17.0 Å². The first-order valence-electron chi connectivity index (χ1n) is 7.68. The minimum Gasteiger partial charge on any atom is -0.327 e. The van der Waals surface area contributed by atoms with Crippen LogP contribution < -0.4 is 5.32 Å². The molecule has 6 heteroatoms. The lowest BCUT2D eigenvalue weighted by atomic mass is 10.1. The average molecular weight is 347 g/mol. The Morgan fingerprint density at radius 3 is 2.62 bits per heavy atom. The molecular weight excluding hydrogens is 331 g/mol. The van der Waals surface area contributed by atoms with Gasteiger partial charge in [-0.3, -0.25) is 9.59 Å². The number of likely N-dealkylation sites (tertiary alicyclic amines) is 1. The van der Waals surface area contributed by atoms with Crippen molar-refractivity contribution in [1.82, 2.24) is 4.90 Å². The van der Waals surface area contributed by atoms with Crippen molar-refractivity contribution >= 4 is 29.1 Å². The second-order valence-electron chi connectivity index (χ2n) is 5.64. The molecule has 24 heavy (non-hydrogen) atoms. The van der Waals surface area contributed by atoms with Crippen LogP contribution in [0.15, 0.2) is 48.5 Å². The highest BCUT2D eigenvalue weighted by atomic mass is 35.5. The molecule has 1 atom stereocenters. The quantitative estimate of drug-likeness (QED) is 0.920. The maximum Gasteiger partial charge on any atom is 0.256 e. The van der Waals surface area contributed by atoms with Crippen molar-refractivity contribution in [1.29, 1.82) is 0 Å². The standard InChI is InChI=1S/C18H16ClFN2O2/c19-15-11-12(20)8-9-14(15)18(24)22-10-4-7-16(22)17(23)21-13-5-2-1-3-6-13/h1-3,5-6,8-9,11,16H,4,7,10H2,(H,21,23)/t16-/m1/s1. The molecule has 2 aromatic carbocycles. The molecule has 1 aliphatic heterocycles. The highest BCUT2D eigenvalue weighted by molar-refractivity contribution is 6.33. The zero-order chi connectivity index (χ0) is 17.1. The minimum absolute atomic E-state index is 0.0501. The van der Waals surface area contributed by atoms with Crippen LogP contribution in [0.1, 0.15) is 23.2 Å². The number of nitrogens with one attached hydrogen (secondary N) is 1. The third kappa shape index (κ3) is 3.41. The summed E-state index contributed by atoms with van der Waals surface area (Å²) in [6.45, 7) is 0.472. The number of amides is 2. The Morgan fingerprint density at radius 2 is 1.92 bits per heavy atom. The molecule has 1 aliphatic rings. The number of nitrogens with zero attached hydrogens (tertiary/aromatic N) is 1. The van der Waals surface area contributed by atoms with E-state index in [9.17, 15) is 14.0 Å². The van der Waals surface area contributed by atoms with Crippen LogP contribution in [0.3, 0.4) is 0 Å². The van der Waals surface area contributed by atoms with Gasteiger partial charge in [0.15, 0.2) is 0 Å². The van der Waals surface area contributed by atoms with Crippen LogP contribution in [0, 0.1) is 5.82 Å². The molecule has 2 amide bonds. The normalized spacial score (nSPS) is 16.9. The second-order valence-corrected chi connectivity index (χ2v) is 6.04. The number of benzene rings is 2. The fourth-order valence-electron chi connectivity index (χ4n) is 2.85. The van der Waals surface area contributed by atoms with E-state index in [-0.39, 0.29) is 22.4 Å². The fraction of sp³-hybridized carbons (Fsp3) is 0.222. The van der Waals surface area contributed by atoms with E-state index in [4.69, 9.17) is 11.6 Å². The van der Waals surface area contributed by atoms with Gasteiger partial charge >= 0.3 is 0 Å². The van der Waals surface area contributed by atoms with Crippen molar-refractivity contribution in [3.63, 3.8) is 0 Å². The predicted molar refractivity (Wildman–Crippen MR) is 90.5 cm³/mol. The van der Waals surface area contributed by atoms with E-state index in [0.717, 1.165) is 12.5 Å². The monoisotopic (exact) mass is 346 g/mol. The molecule has 0 spiro atoms. The lowest BCUT2D eigenvalue weighted by Crippen LogP contribution is -2.43. The Bertz CT molecular complexity index is 767. The summed E-state index contributed by atoms with van der Waals surface area (Å²) in [6.07, 6.45) is 1.32. The van der Waals surface area contributed by atoms with Gasteiger partial charge in [-0.25, -0.2) is 4.39 Å². The maximum absolute atomic E-state index is 13.2. The number of para-hydroxylation sites is 1. The average Bonchev–Trinajstić information content (AvgIpc) is 3.05. The first-order chi connectivity index (χ1) is 11.6. The minimum atomic E-state index is -0.557. The molecule has 4 nitrogen and oxygen atoms in total. The summed E-state index contributed by atoms with van der Waals surface area (Å²) in [6, 6.07) is 12.2. The van der Waals surface area contributed by atoms with E-state index in [1.54, 1.807) is 12.1 Å². The third-order valence-corrected chi connectivity index (χ3v) is 4.33. The van der Waals surface area contributed by atoms with Crippen LogP contribution in [0.25, 0.3) is 0 Å². The molecule has 2 aromatic rings. The smallest absolute Gasteiger partial charge is 0.256 e. The van der Waals surface area contributed by atoms with Gasteiger partial charge < -0.3 is 10.2 Å². The van der Waals surface area contributed by atoms with Crippen molar-refractivity contribution in [2.75, 3.05) is 11.9 Å².